The molecule has 1 heterocycles. The third-order valence-electron chi connectivity index (χ3n) is 1.61. The fourth-order valence-electron chi connectivity index (χ4n) is 0.980. The first-order valence-electron chi connectivity index (χ1n) is 4.09. The minimum absolute atomic E-state index is 0.255. The number of para-hydroxylation sites is 1. The Labute approximate surface area is 85.8 Å². The molecule has 0 radical (unpaired) electrons. The zero-order valence-corrected chi connectivity index (χ0v) is 8.11. The van der Waals surface area contributed by atoms with E-state index in [-0.39, 0.29) is 5.75 Å². The zero-order chi connectivity index (χ0) is 9.80. The van der Waals surface area contributed by atoms with E-state index >= 15 is 0 Å². The predicted octanol–water partition coefficient (Wildman–Crippen LogP) is 2.33. The molecule has 2 rings (SSSR count). The third-order valence-corrected chi connectivity index (χ3v) is 2.57. The maximum atomic E-state index is 9.50. The van der Waals surface area contributed by atoms with Crippen molar-refractivity contribution >= 4 is 11.8 Å². The van der Waals surface area contributed by atoms with Crippen LogP contribution in [0, 0.1) is 0 Å². The summed E-state index contributed by atoms with van der Waals surface area (Å²) in [5.74, 6) is 0.255. The minimum Gasteiger partial charge on any atom is -0.507 e. The van der Waals surface area contributed by atoms with Gasteiger partial charge in [-0.3, -0.25) is 0 Å². The van der Waals surface area contributed by atoms with Crippen molar-refractivity contribution in [3.05, 3.63) is 42.7 Å². The van der Waals surface area contributed by atoms with E-state index in [1.807, 2.05) is 12.1 Å². The van der Waals surface area contributed by atoms with Gasteiger partial charge in [0.2, 0.25) is 0 Å². The second-order valence-corrected chi connectivity index (χ2v) is 3.61. The van der Waals surface area contributed by atoms with Crippen LogP contribution in [-0.2, 0) is 0 Å². The number of nitrogens with zero attached hydrogens (tertiary/aromatic N) is 2. The lowest BCUT2D eigenvalue weighted by Gasteiger charge is -2.01. The van der Waals surface area contributed by atoms with Gasteiger partial charge >= 0.3 is 0 Å². The Balaban J connectivity index is 2.24. The van der Waals surface area contributed by atoms with Gasteiger partial charge in [-0.1, -0.05) is 12.1 Å². The molecule has 0 spiro atoms. The van der Waals surface area contributed by atoms with E-state index in [1.54, 1.807) is 30.6 Å². The Kier molecular flexibility index (Phi) is 2.65. The number of aromatic hydroxyl groups is 1. The highest BCUT2D eigenvalue weighted by Crippen LogP contribution is 2.31. The molecular weight excluding hydrogens is 196 g/mol. The normalized spacial score (nSPS) is 10.0. The van der Waals surface area contributed by atoms with Crippen molar-refractivity contribution in [2.75, 3.05) is 0 Å². The minimum atomic E-state index is 0.255. The van der Waals surface area contributed by atoms with E-state index in [0.717, 1.165) is 4.90 Å². The van der Waals surface area contributed by atoms with Crippen LogP contribution in [0.3, 0.4) is 0 Å². The monoisotopic (exact) mass is 204 g/mol. The average molecular weight is 204 g/mol. The van der Waals surface area contributed by atoms with Crippen LogP contribution in [0.4, 0.5) is 0 Å². The second-order valence-electron chi connectivity index (χ2n) is 2.60. The van der Waals surface area contributed by atoms with E-state index in [9.17, 15) is 5.11 Å². The van der Waals surface area contributed by atoms with Crippen LogP contribution >= 0.6 is 11.8 Å². The summed E-state index contributed by atoms with van der Waals surface area (Å²) in [7, 11) is 0. The smallest absolute Gasteiger partial charge is 0.192 e. The first kappa shape index (κ1) is 9.02. The van der Waals surface area contributed by atoms with Crippen LogP contribution in [0.15, 0.2) is 52.8 Å². The van der Waals surface area contributed by atoms with Crippen LogP contribution in [-0.4, -0.2) is 15.1 Å². The number of rotatable bonds is 2. The molecule has 2 aromatic rings. The SMILES string of the molecule is Oc1ccccc1Sc1ncccn1. The summed E-state index contributed by atoms with van der Waals surface area (Å²) >= 11 is 1.34. The number of aromatic nitrogens is 2. The molecule has 4 heteroatoms. The molecule has 1 N–H and O–H groups in total. The van der Waals surface area contributed by atoms with Crippen LogP contribution in [0.25, 0.3) is 0 Å². The van der Waals surface area contributed by atoms with Gasteiger partial charge in [0.1, 0.15) is 5.75 Å². The van der Waals surface area contributed by atoms with E-state index in [2.05, 4.69) is 9.97 Å². The Bertz CT molecular complexity index is 419. The number of benzene rings is 1. The summed E-state index contributed by atoms with van der Waals surface area (Å²) in [5, 5.41) is 10.1. The molecule has 0 fully saturated rings. The van der Waals surface area contributed by atoms with Crippen LogP contribution in [0.5, 0.6) is 5.75 Å². The maximum Gasteiger partial charge on any atom is 0.192 e. The highest BCUT2D eigenvalue weighted by Gasteiger charge is 2.02. The van der Waals surface area contributed by atoms with Crippen LogP contribution in [0.2, 0.25) is 0 Å². The van der Waals surface area contributed by atoms with Crippen molar-refractivity contribution in [3.63, 3.8) is 0 Å². The summed E-state index contributed by atoms with van der Waals surface area (Å²) in [5.41, 5.74) is 0. The Morgan fingerprint density at radius 3 is 2.43 bits per heavy atom. The lowest BCUT2D eigenvalue weighted by atomic mass is 10.3. The summed E-state index contributed by atoms with van der Waals surface area (Å²) in [4.78, 5) is 8.87. The lowest BCUT2D eigenvalue weighted by molar-refractivity contribution is 0.462. The lowest BCUT2D eigenvalue weighted by Crippen LogP contribution is -1.82. The standard InChI is InChI=1S/C10H8N2OS/c13-8-4-1-2-5-9(8)14-10-11-6-3-7-12-10/h1-7,13H. The van der Waals surface area contributed by atoms with Gasteiger partial charge in [-0.05, 0) is 30.0 Å². The molecule has 70 valence electrons. The molecular formula is C10H8N2OS. The topological polar surface area (TPSA) is 46.0 Å². The fourth-order valence-corrected chi connectivity index (χ4v) is 1.72. The first-order valence-corrected chi connectivity index (χ1v) is 4.91. The summed E-state index contributed by atoms with van der Waals surface area (Å²) in [6.07, 6.45) is 3.35. The Hall–Kier alpha value is -1.55. The van der Waals surface area contributed by atoms with Crippen molar-refractivity contribution < 1.29 is 5.11 Å². The van der Waals surface area contributed by atoms with Gasteiger partial charge in [0, 0.05) is 12.4 Å². The average Bonchev–Trinajstić information content (AvgIpc) is 2.23. The van der Waals surface area contributed by atoms with Gasteiger partial charge < -0.3 is 5.11 Å². The summed E-state index contributed by atoms with van der Waals surface area (Å²) < 4.78 is 0. The number of phenolic OH excluding ortho intramolecular Hbond substituents is 1. The van der Waals surface area contributed by atoms with Crippen molar-refractivity contribution in [1.29, 1.82) is 0 Å². The zero-order valence-electron chi connectivity index (χ0n) is 7.29. The maximum absolute atomic E-state index is 9.50. The highest BCUT2D eigenvalue weighted by atomic mass is 32.2. The van der Waals surface area contributed by atoms with E-state index in [0.29, 0.717) is 5.16 Å². The Morgan fingerprint density at radius 2 is 1.71 bits per heavy atom. The number of hydrogen-bond acceptors (Lipinski definition) is 4. The molecule has 0 saturated heterocycles. The van der Waals surface area contributed by atoms with E-state index in [4.69, 9.17) is 0 Å². The summed E-state index contributed by atoms with van der Waals surface area (Å²) in [6, 6.07) is 8.88. The largest absolute Gasteiger partial charge is 0.507 e. The van der Waals surface area contributed by atoms with Gasteiger partial charge in [0.05, 0.1) is 4.90 Å². The molecule has 0 unspecified atom stereocenters. The van der Waals surface area contributed by atoms with Crippen molar-refractivity contribution in [1.82, 2.24) is 9.97 Å². The Morgan fingerprint density at radius 1 is 1.00 bits per heavy atom. The van der Waals surface area contributed by atoms with Gasteiger partial charge in [-0.2, -0.15) is 0 Å². The third kappa shape index (κ3) is 2.03. The quantitative estimate of drug-likeness (QED) is 0.763. The highest BCUT2D eigenvalue weighted by molar-refractivity contribution is 7.99. The van der Waals surface area contributed by atoms with Gasteiger partial charge in [-0.15, -0.1) is 0 Å². The van der Waals surface area contributed by atoms with E-state index in [1.165, 1.54) is 11.8 Å². The molecule has 3 nitrogen and oxygen atoms in total. The second kappa shape index (κ2) is 4.11. The molecule has 0 amide bonds. The molecule has 1 aromatic carbocycles. The van der Waals surface area contributed by atoms with E-state index < -0.39 is 0 Å². The predicted molar refractivity (Wildman–Crippen MR) is 54.3 cm³/mol. The molecule has 1 aromatic heterocycles. The molecule has 0 saturated carbocycles. The molecule has 14 heavy (non-hydrogen) atoms. The van der Waals surface area contributed by atoms with Crippen molar-refractivity contribution in [2.45, 2.75) is 10.1 Å². The number of phenols is 1. The number of hydrogen-bond donors (Lipinski definition) is 1. The molecule has 0 bridgehead atoms. The molecule has 0 aliphatic rings. The van der Waals surface area contributed by atoms with Gasteiger partial charge in [0.15, 0.2) is 5.16 Å². The van der Waals surface area contributed by atoms with Crippen LogP contribution < -0.4 is 0 Å². The summed E-state index contributed by atoms with van der Waals surface area (Å²) in [6.45, 7) is 0. The molecule has 0 aliphatic carbocycles. The van der Waals surface area contributed by atoms with Crippen molar-refractivity contribution in [2.24, 2.45) is 0 Å². The fraction of sp³-hybridized carbons (Fsp3) is 0. The molecule has 0 aliphatic heterocycles. The van der Waals surface area contributed by atoms with Crippen molar-refractivity contribution in [3.8, 4) is 5.75 Å². The van der Waals surface area contributed by atoms with Gasteiger partial charge in [-0.25, -0.2) is 9.97 Å². The van der Waals surface area contributed by atoms with Gasteiger partial charge in [0.25, 0.3) is 0 Å². The molecule has 0 atom stereocenters. The van der Waals surface area contributed by atoms with Crippen LogP contribution in [0.1, 0.15) is 0 Å². The first-order chi connectivity index (χ1) is 6.86.